The van der Waals surface area contributed by atoms with E-state index in [4.69, 9.17) is 0 Å². The van der Waals surface area contributed by atoms with E-state index < -0.39 is 0 Å². The molecule has 0 nitrogen and oxygen atoms in total. The number of rotatable bonds is 0. The zero-order valence-corrected chi connectivity index (χ0v) is 11.8. The molecule has 86 valence electrons. The van der Waals surface area contributed by atoms with Crippen LogP contribution in [0.2, 0.25) is 0 Å². The van der Waals surface area contributed by atoms with E-state index in [0.29, 0.717) is 10.8 Å². The Labute approximate surface area is 146 Å². The molecular formula is C11H26Ar2. The molecule has 0 spiro atoms. The smallest absolute Gasteiger partial charge is 0 e. The summed E-state index contributed by atoms with van der Waals surface area (Å²) in [5.41, 5.74) is 1.04. The molecule has 2 heteroatoms. The third kappa shape index (κ3) is 74.7. The largest absolute Gasteiger partial charge is 0.0649 e. The minimum Gasteiger partial charge on any atom is -0.0649 e. The van der Waals surface area contributed by atoms with E-state index >= 15 is 0 Å². The second kappa shape index (κ2) is 11.0. The molecular weight excluding hydrogens is 212 g/mol. The van der Waals surface area contributed by atoms with Crippen LogP contribution in [0.1, 0.15) is 61.8 Å². The Morgan fingerprint density at radius 1 is 0.692 bits per heavy atom. The molecule has 0 atom stereocenters. The topological polar surface area (TPSA) is 0 Å². The van der Waals surface area contributed by atoms with E-state index in [-0.39, 0.29) is 75.5 Å². The Morgan fingerprint density at radius 2 is 0.769 bits per heavy atom. The number of hydrogen-bond acceptors (Lipinski definition) is 0. The van der Waals surface area contributed by atoms with Crippen molar-refractivity contribution in [2.45, 2.75) is 61.8 Å². The zero-order chi connectivity index (χ0) is 9.71. The Balaban J connectivity index is -0.0000000546. The SMILES string of the molecule is CC(C)(C)C.CCC(C)(C)C.[Ar].[Ar]. The fraction of sp³-hybridized carbons (Fsp3) is 1.00. The summed E-state index contributed by atoms with van der Waals surface area (Å²) in [6.45, 7) is 17.7. The van der Waals surface area contributed by atoms with Crippen LogP contribution < -0.4 is 0 Å². The monoisotopic (exact) mass is 238 g/mol. The van der Waals surface area contributed by atoms with Gasteiger partial charge in [-0.25, -0.2) is 0 Å². The van der Waals surface area contributed by atoms with E-state index in [2.05, 4.69) is 55.4 Å². The molecule has 0 aliphatic heterocycles. The summed E-state index contributed by atoms with van der Waals surface area (Å²) in [6, 6.07) is 0. The summed E-state index contributed by atoms with van der Waals surface area (Å²) in [5, 5.41) is 0. The predicted octanol–water partition coefficient (Wildman–Crippen LogP) is 4.49. The summed E-state index contributed by atoms with van der Waals surface area (Å²) >= 11 is 0. The zero-order valence-electron chi connectivity index (χ0n) is 10.4. The Bertz CT molecular complexity index is 79.2. The van der Waals surface area contributed by atoms with Gasteiger partial charge in [0, 0.05) is 75.5 Å². The fourth-order valence-electron chi connectivity index (χ4n) is 0. The molecule has 0 rings (SSSR count). The van der Waals surface area contributed by atoms with Crippen LogP contribution in [-0.2, 0) is 0 Å². The van der Waals surface area contributed by atoms with Crippen molar-refractivity contribution in [3.8, 4) is 0 Å². The van der Waals surface area contributed by atoms with Gasteiger partial charge in [0.2, 0.25) is 0 Å². The molecule has 0 saturated carbocycles. The van der Waals surface area contributed by atoms with Crippen LogP contribution in [0.3, 0.4) is 0 Å². The predicted molar refractivity (Wildman–Crippen MR) is 54.9 cm³/mol. The summed E-state index contributed by atoms with van der Waals surface area (Å²) in [7, 11) is 0. The van der Waals surface area contributed by atoms with Gasteiger partial charge in [-0.15, -0.1) is 0 Å². The van der Waals surface area contributed by atoms with E-state index in [1.807, 2.05) is 0 Å². The van der Waals surface area contributed by atoms with Crippen molar-refractivity contribution in [1.82, 2.24) is 0 Å². The van der Waals surface area contributed by atoms with Gasteiger partial charge in [0.1, 0.15) is 0 Å². The van der Waals surface area contributed by atoms with Gasteiger partial charge in [0.15, 0.2) is 0 Å². The quantitative estimate of drug-likeness (QED) is 0.583. The third-order valence-electron chi connectivity index (χ3n) is 1.06. The Morgan fingerprint density at radius 3 is 0.769 bits per heavy atom. The van der Waals surface area contributed by atoms with Crippen LogP contribution >= 0.6 is 0 Å². The molecule has 0 amide bonds. The third-order valence-corrected chi connectivity index (χ3v) is 1.06. The maximum atomic E-state index is 2.24. The molecule has 0 bridgehead atoms. The van der Waals surface area contributed by atoms with Crippen molar-refractivity contribution in [3.05, 3.63) is 0 Å². The Kier molecular flexibility index (Phi) is 20.9. The average molecular weight is 238 g/mol. The molecule has 0 aromatic heterocycles. The second-order valence-corrected chi connectivity index (χ2v) is 5.91. The first kappa shape index (κ1) is 24.7. The van der Waals surface area contributed by atoms with E-state index in [1.165, 1.54) is 6.42 Å². The van der Waals surface area contributed by atoms with Crippen LogP contribution in [0.15, 0.2) is 0 Å². The van der Waals surface area contributed by atoms with Gasteiger partial charge >= 0.3 is 0 Å². The summed E-state index contributed by atoms with van der Waals surface area (Å²) in [6.07, 6.45) is 1.27. The molecule has 0 aliphatic rings. The molecule has 0 aromatic carbocycles. The summed E-state index contributed by atoms with van der Waals surface area (Å²) < 4.78 is 0. The first-order valence-electron chi connectivity index (χ1n) is 4.56. The van der Waals surface area contributed by atoms with Crippen molar-refractivity contribution in [2.24, 2.45) is 10.8 Å². The maximum absolute atomic E-state index is 2.24. The normalized spacial score (nSPS) is 10.2. The van der Waals surface area contributed by atoms with Crippen LogP contribution in [0.25, 0.3) is 0 Å². The van der Waals surface area contributed by atoms with E-state index in [9.17, 15) is 0 Å². The van der Waals surface area contributed by atoms with Crippen LogP contribution in [0, 0.1) is 86.3 Å². The molecule has 0 heterocycles. The van der Waals surface area contributed by atoms with E-state index in [0.717, 1.165) is 0 Å². The molecule has 13 heavy (non-hydrogen) atoms. The Hall–Kier alpha value is 2.52. The maximum Gasteiger partial charge on any atom is 0 e. The van der Waals surface area contributed by atoms with Crippen molar-refractivity contribution >= 4 is 0 Å². The molecule has 0 saturated heterocycles. The van der Waals surface area contributed by atoms with E-state index in [1.54, 1.807) is 0 Å². The standard InChI is InChI=1S/C6H14.C5H12.2Ar/c1-5-6(2,3)4;1-5(2,3)4;;/h5H2,1-4H3;1-4H3;;. The fourth-order valence-corrected chi connectivity index (χ4v) is 0. The first-order valence-corrected chi connectivity index (χ1v) is 4.56. The second-order valence-electron chi connectivity index (χ2n) is 5.91. The van der Waals surface area contributed by atoms with Gasteiger partial charge in [0.05, 0.1) is 0 Å². The minimum absolute atomic E-state index is 0. The van der Waals surface area contributed by atoms with Gasteiger partial charge in [0.25, 0.3) is 0 Å². The molecule has 0 aliphatic carbocycles. The minimum atomic E-state index is 0. The van der Waals surface area contributed by atoms with Crippen molar-refractivity contribution in [1.29, 1.82) is 0 Å². The van der Waals surface area contributed by atoms with Crippen LogP contribution in [0.5, 0.6) is 0 Å². The molecule has 0 unspecified atom stereocenters. The molecule has 0 radical (unpaired) electrons. The first-order chi connectivity index (χ1) is 4.56. The average Bonchev–Trinajstić information content (AvgIpc) is 1.59. The van der Waals surface area contributed by atoms with Gasteiger partial charge in [-0.1, -0.05) is 61.8 Å². The van der Waals surface area contributed by atoms with Crippen molar-refractivity contribution in [3.63, 3.8) is 0 Å². The summed E-state index contributed by atoms with van der Waals surface area (Å²) in [5.74, 6) is 0. The summed E-state index contributed by atoms with van der Waals surface area (Å²) in [4.78, 5) is 0. The number of hydrogen-bond donors (Lipinski definition) is 0. The van der Waals surface area contributed by atoms with Gasteiger partial charge in [-0.3, -0.25) is 0 Å². The van der Waals surface area contributed by atoms with Crippen LogP contribution in [-0.4, -0.2) is 0 Å². The molecule has 0 fully saturated rings. The van der Waals surface area contributed by atoms with Crippen molar-refractivity contribution < 1.29 is 75.5 Å². The molecule has 0 aromatic rings. The van der Waals surface area contributed by atoms with Gasteiger partial charge in [-0.2, -0.15) is 0 Å². The van der Waals surface area contributed by atoms with Gasteiger partial charge < -0.3 is 0 Å². The van der Waals surface area contributed by atoms with Gasteiger partial charge in [-0.05, 0) is 10.8 Å². The van der Waals surface area contributed by atoms with Crippen molar-refractivity contribution in [2.75, 3.05) is 0 Å². The molecule has 0 N–H and O–H groups in total. The van der Waals surface area contributed by atoms with Crippen LogP contribution in [0.4, 0.5) is 0 Å².